The Morgan fingerprint density at radius 2 is 2.12 bits per heavy atom. The highest BCUT2D eigenvalue weighted by molar-refractivity contribution is 5.86. The van der Waals surface area contributed by atoms with E-state index in [1.54, 1.807) is 20.2 Å². The molecule has 26 heavy (non-hydrogen) atoms. The summed E-state index contributed by atoms with van der Waals surface area (Å²) in [7, 11) is 1.62. The highest BCUT2D eigenvalue weighted by Crippen LogP contribution is 2.32. The lowest BCUT2D eigenvalue weighted by Gasteiger charge is -2.31. The standard InChI is InChI=1S/C21H23NO4/c1-3-26-20(23)16-7-11-21(24,12-8-16)10-6-15-9-13-22-19-5-4-17(25-2)14-18(15)19/h4-5,9,13-14,16,24H,3,7-8,11-12H2,1-2H3. The summed E-state index contributed by atoms with van der Waals surface area (Å²) in [4.78, 5) is 16.2. The Hall–Kier alpha value is -2.58. The molecule has 0 unspecified atom stereocenters. The third-order valence-corrected chi connectivity index (χ3v) is 4.81. The average molecular weight is 353 g/mol. The van der Waals surface area contributed by atoms with Gasteiger partial charge in [0.05, 0.1) is 25.2 Å². The van der Waals surface area contributed by atoms with E-state index in [-0.39, 0.29) is 11.9 Å². The number of carbonyl (C=O) groups is 1. The maximum atomic E-state index is 11.8. The number of pyridine rings is 1. The van der Waals surface area contributed by atoms with Crippen LogP contribution in [-0.2, 0) is 9.53 Å². The van der Waals surface area contributed by atoms with Gasteiger partial charge in [-0.25, -0.2) is 0 Å². The number of methoxy groups -OCH3 is 1. The van der Waals surface area contributed by atoms with Crippen LogP contribution in [0.3, 0.4) is 0 Å². The molecule has 1 aromatic carbocycles. The molecule has 2 aromatic rings. The van der Waals surface area contributed by atoms with Crippen LogP contribution in [0.2, 0.25) is 0 Å². The molecule has 0 saturated heterocycles. The van der Waals surface area contributed by atoms with Crippen molar-refractivity contribution in [2.75, 3.05) is 13.7 Å². The molecule has 1 fully saturated rings. The van der Waals surface area contributed by atoms with Crippen molar-refractivity contribution in [3.8, 4) is 17.6 Å². The Labute approximate surface area is 153 Å². The minimum Gasteiger partial charge on any atom is -0.497 e. The van der Waals surface area contributed by atoms with Gasteiger partial charge in [-0.1, -0.05) is 11.8 Å². The lowest BCUT2D eigenvalue weighted by atomic mass is 9.79. The third-order valence-electron chi connectivity index (χ3n) is 4.81. The number of aliphatic hydroxyl groups is 1. The topological polar surface area (TPSA) is 68.7 Å². The van der Waals surface area contributed by atoms with E-state index in [2.05, 4.69) is 16.8 Å². The number of rotatable bonds is 3. The molecule has 1 aliphatic carbocycles. The van der Waals surface area contributed by atoms with Gasteiger partial charge in [0.25, 0.3) is 0 Å². The number of nitrogens with zero attached hydrogens (tertiary/aromatic N) is 1. The first-order chi connectivity index (χ1) is 12.5. The van der Waals surface area contributed by atoms with E-state index < -0.39 is 5.60 Å². The molecule has 0 aliphatic heterocycles. The van der Waals surface area contributed by atoms with Crippen molar-refractivity contribution in [2.45, 2.75) is 38.2 Å². The number of hydrogen-bond donors (Lipinski definition) is 1. The van der Waals surface area contributed by atoms with Gasteiger partial charge in [-0.2, -0.15) is 0 Å². The van der Waals surface area contributed by atoms with E-state index in [0.29, 0.717) is 32.3 Å². The minimum atomic E-state index is -1.07. The monoisotopic (exact) mass is 353 g/mol. The van der Waals surface area contributed by atoms with Crippen LogP contribution >= 0.6 is 0 Å². The molecule has 1 aromatic heterocycles. The lowest BCUT2D eigenvalue weighted by molar-refractivity contribution is -0.150. The number of carbonyl (C=O) groups excluding carboxylic acids is 1. The second-order valence-corrected chi connectivity index (χ2v) is 6.55. The molecule has 1 aliphatic rings. The van der Waals surface area contributed by atoms with Gasteiger partial charge in [0.1, 0.15) is 11.4 Å². The van der Waals surface area contributed by atoms with Crippen molar-refractivity contribution in [2.24, 2.45) is 5.92 Å². The summed E-state index contributed by atoms with van der Waals surface area (Å²) in [5.74, 6) is 6.56. The SMILES string of the molecule is CCOC(=O)C1CCC(O)(C#Cc2ccnc3ccc(OC)cc23)CC1. The Morgan fingerprint density at radius 3 is 2.81 bits per heavy atom. The summed E-state index contributed by atoms with van der Waals surface area (Å²) < 4.78 is 10.3. The second kappa shape index (κ2) is 7.76. The Morgan fingerprint density at radius 1 is 1.35 bits per heavy atom. The molecule has 1 N–H and O–H groups in total. The summed E-state index contributed by atoms with van der Waals surface area (Å²) in [6, 6.07) is 7.48. The van der Waals surface area contributed by atoms with Crippen molar-refractivity contribution in [3.05, 3.63) is 36.0 Å². The van der Waals surface area contributed by atoms with Crippen molar-refractivity contribution in [3.63, 3.8) is 0 Å². The number of fused-ring (bicyclic) bond motifs is 1. The van der Waals surface area contributed by atoms with Crippen molar-refractivity contribution in [1.82, 2.24) is 4.98 Å². The lowest BCUT2D eigenvalue weighted by Crippen LogP contribution is -2.35. The molecule has 0 atom stereocenters. The molecule has 0 spiro atoms. The molecular formula is C21H23NO4. The summed E-state index contributed by atoms with van der Waals surface area (Å²) >= 11 is 0. The zero-order valence-corrected chi connectivity index (χ0v) is 15.1. The summed E-state index contributed by atoms with van der Waals surface area (Å²) in [5, 5.41) is 11.7. The maximum absolute atomic E-state index is 11.8. The molecule has 3 rings (SSSR count). The summed E-state index contributed by atoms with van der Waals surface area (Å²) in [6.07, 6.45) is 3.83. The van der Waals surface area contributed by atoms with Gasteiger partial charge in [0.2, 0.25) is 0 Å². The van der Waals surface area contributed by atoms with E-state index >= 15 is 0 Å². The fourth-order valence-corrected chi connectivity index (χ4v) is 3.26. The minimum absolute atomic E-state index is 0.136. The second-order valence-electron chi connectivity index (χ2n) is 6.55. The highest BCUT2D eigenvalue weighted by atomic mass is 16.5. The fourth-order valence-electron chi connectivity index (χ4n) is 3.26. The van der Waals surface area contributed by atoms with Gasteiger partial charge >= 0.3 is 5.97 Å². The van der Waals surface area contributed by atoms with Crippen LogP contribution in [0.15, 0.2) is 30.5 Å². The average Bonchev–Trinajstić information content (AvgIpc) is 2.66. The molecule has 1 saturated carbocycles. The van der Waals surface area contributed by atoms with Gasteiger partial charge in [-0.15, -0.1) is 0 Å². The Bertz CT molecular complexity index is 857. The van der Waals surface area contributed by atoms with Gasteiger partial charge in [-0.3, -0.25) is 9.78 Å². The first-order valence-electron chi connectivity index (χ1n) is 8.89. The van der Waals surface area contributed by atoms with Gasteiger partial charge in [0, 0.05) is 17.1 Å². The van der Waals surface area contributed by atoms with Gasteiger partial charge in [-0.05, 0) is 56.9 Å². The predicted octanol–water partition coefficient (Wildman–Crippen LogP) is 3.08. The highest BCUT2D eigenvalue weighted by Gasteiger charge is 2.35. The molecule has 1 heterocycles. The summed E-state index contributed by atoms with van der Waals surface area (Å²) in [6.45, 7) is 2.19. The first-order valence-corrected chi connectivity index (χ1v) is 8.89. The van der Waals surface area contributed by atoms with Crippen molar-refractivity contribution in [1.29, 1.82) is 0 Å². The zero-order valence-electron chi connectivity index (χ0n) is 15.1. The third kappa shape index (κ3) is 3.97. The van der Waals surface area contributed by atoms with Crippen LogP contribution in [0.25, 0.3) is 10.9 Å². The van der Waals surface area contributed by atoms with Crippen LogP contribution < -0.4 is 4.74 Å². The van der Waals surface area contributed by atoms with Gasteiger partial charge in [0.15, 0.2) is 0 Å². The van der Waals surface area contributed by atoms with Crippen molar-refractivity contribution < 1.29 is 19.4 Å². The number of aromatic nitrogens is 1. The normalized spacial score (nSPS) is 22.3. The van der Waals surface area contributed by atoms with Crippen molar-refractivity contribution >= 4 is 16.9 Å². The Kier molecular flexibility index (Phi) is 5.43. The molecule has 0 amide bonds. The van der Waals surface area contributed by atoms with Gasteiger partial charge < -0.3 is 14.6 Å². The largest absolute Gasteiger partial charge is 0.497 e. The van der Waals surface area contributed by atoms with E-state index in [0.717, 1.165) is 22.2 Å². The van der Waals surface area contributed by atoms with E-state index in [4.69, 9.17) is 9.47 Å². The molecule has 5 nitrogen and oxygen atoms in total. The number of benzene rings is 1. The number of ether oxygens (including phenoxy) is 2. The van der Waals surface area contributed by atoms with Crippen LogP contribution in [-0.4, -0.2) is 35.4 Å². The maximum Gasteiger partial charge on any atom is 0.308 e. The number of hydrogen-bond acceptors (Lipinski definition) is 5. The molecule has 136 valence electrons. The first kappa shape index (κ1) is 18.2. The van der Waals surface area contributed by atoms with Crippen LogP contribution in [0.1, 0.15) is 38.2 Å². The number of esters is 1. The summed E-state index contributed by atoms with van der Waals surface area (Å²) in [5.41, 5.74) is 0.558. The smallest absolute Gasteiger partial charge is 0.308 e. The molecule has 5 heteroatoms. The van der Waals surface area contributed by atoms with Crippen LogP contribution in [0.5, 0.6) is 5.75 Å². The molecular weight excluding hydrogens is 330 g/mol. The van der Waals surface area contributed by atoms with E-state index in [9.17, 15) is 9.90 Å². The predicted molar refractivity (Wildman–Crippen MR) is 98.7 cm³/mol. The Balaban J connectivity index is 1.79. The fraction of sp³-hybridized carbons (Fsp3) is 0.429. The van der Waals surface area contributed by atoms with Crippen LogP contribution in [0.4, 0.5) is 0 Å². The van der Waals surface area contributed by atoms with E-state index in [1.165, 1.54) is 0 Å². The van der Waals surface area contributed by atoms with E-state index in [1.807, 2.05) is 24.3 Å². The quantitative estimate of drug-likeness (QED) is 0.678. The molecule has 0 bridgehead atoms. The van der Waals surface area contributed by atoms with Crippen LogP contribution in [0, 0.1) is 17.8 Å². The molecule has 0 radical (unpaired) electrons. The zero-order chi connectivity index (χ0) is 18.6.